The van der Waals surface area contributed by atoms with Crippen molar-refractivity contribution in [2.45, 2.75) is 64.3 Å². The minimum atomic E-state index is -0.847. The molecule has 4 heterocycles. The van der Waals surface area contributed by atoms with Crippen molar-refractivity contribution < 1.29 is 19.1 Å². The number of nitrogens with zero attached hydrogens (tertiary/aromatic N) is 5. The number of imidazole rings is 1. The largest absolute Gasteiger partial charge is 0.389 e. The molecule has 1 saturated heterocycles. The summed E-state index contributed by atoms with van der Waals surface area (Å²) in [4.78, 5) is 38.3. The summed E-state index contributed by atoms with van der Waals surface area (Å²) in [7, 11) is 0. The Morgan fingerprint density at radius 2 is 2.02 bits per heavy atom. The summed E-state index contributed by atoms with van der Waals surface area (Å²) in [5.41, 5.74) is 2.43. The Hall–Kier alpha value is -4.44. The molecule has 1 saturated carbocycles. The predicted molar refractivity (Wildman–Crippen MR) is 174 cm³/mol. The summed E-state index contributed by atoms with van der Waals surface area (Å²) >= 11 is 1.24. The van der Waals surface area contributed by atoms with E-state index in [0.717, 1.165) is 41.6 Å². The SMILES string of the molecule is CC(C)(O)CNCc1ccc2c(c1)nc(NC(=O)c1ccc(-c3ccnc(F)c3)s1)n2CC1CCCN1C(=O)C(C#N)=CC1CC1. The van der Waals surface area contributed by atoms with Crippen molar-refractivity contribution in [2.75, 3.05) is 18.4 Å². The molecule has 46 heavy (non-hydrogen) atoms. The van der Waals surface area contributed by atoms with E-state index in [4.69, 9.17) is 4.98 Å². The third kappa shape index (κ3) is 7.33. The summed E-state index contributed by atoms with van der Waals surface area (Å²) in [6.07, 6.45) is 6.78. The highest BCUT2D eigenvalue weighted by Gasteiger charge is 2.33. The number of nitriles is 1. The van der Waals surface area contributed by atoms with Gasteiger partial charge in [-0.05, 0) is 86.9 Å². The fraction of sp³-hybridized carbons (Fsp3) is 0.382. The molecule has 12 heteroatoms. The smallest absolute Gasteiger partial charge is 0.268 e. The summed E-state index contributed by atoms with van der Waals surface area (Å²) < 4.78 is 15.6. The molecule has 3 N–H and O–H groups in total. The molecule has 0 radical (unpaired) electrons. The number of aromatic nitrogens is 3. The number of hydrogen-bond acceptors (Lipinski definition) is 8. The summed E-state index contributed by atoms with van der Waals surface area (Å²) in [6.45, 7) is 5.38. The van der Waals surface area contributed by atoms with Crippen LogP contribution in [0.2, 0.25) is 0 Å². The van der Waals surface area contributed by atoms with E-state index in [2.05, 4.69) is 21.7 Å². The van der Waals surface area contributed by atoms with Gasteiger partial charge in [0.2, 0.25) is 11.9 Å². The van der Waals surface area contributed by atoms with Gasteiger partial charge in [-0.15, -0.1) is 11.3 Å². The molecule has 2 fully saturated rings. The van der Waals surface area contributed by atoms with Gasteiger partial charge in [-0.1, -0.05) is 12.1 Å². The van der Waals surface area contributed by atoms with Gasteiger partial charge >= 0.3 is 0 Å². The lowest BCUT2D eigenvalue weighted by Gasteiger charge is -2.26. The molecule has 1 aliphatic carbocycles. The Labute approximate surface area is 270 Å². The number of rotatable bonds is 11. The number of hydrogen-bond donors (Lipinski definition) is 3. The summed E-state index contributed by atoms with van der Waals surface area (Å²) in [5.74, 6) is -0.537. The van der Waals surface area contributed by atoms with Crippen LogP contribution in [0.3, 0.4) is 0 Å². The number of amides is 2. The first-order chi connectivity index (χ1) is 22.1. The number of carbonyl (C=O) groups is 2. The third-order valence-electron chi connectivity index (χ3n) is 8.17. The zero-order valence-corrected chi connectivity index (χ0v) is 26.6. The molecular weight excluding hydrogens is 605 g/mol. The number of aliphatic hydroxyl groups is 1. The lowest BCUT2D eigenvalue weighted by Crippen LogP contribution is -2.39. The Balaban J connectivity index is 1.28. The first kappa shape index (κ1) is 31.5. The van der Waals surface area contributed by atoms with Gasteiger partial charge in [-0.25, -0.2) is 9.97 Å². The van der Waals surface area contributed by atoms with E-state index in [1.54, 1.807) is 43.0 Å². The second-order valence-electron chi connectivity index (χ2n) is 12.6. The molecule has 238 valence electrons. The van der Waals surface area contributed by atoms with Crippen LogP contribution in [0.5, 0.6) is 0 Å². The van der Waals surface area contributed by atoms with Crippen molar-refractivity contribution in [1.29, 1.82) is 5.26 Å². The van der Waals surface area contributed by atoms with Crippen LogP contribution < -0.4 is 10.6 Å². The van der Waals surface area contributed by atoms with Gasteiger partial charge in [-0.2, -0.15) is 9.65 Å². The fourth-order valence-electron chi connectivity index (χ4n) is 5.73. The van der Waals surface area contributed by atoms with Crippen LogP contribution in [0.4, 0.5) is 10.3 Å². The molecule has 2 amide bonds. The molecule has 0 bridgehead atoms. The average Bonchev–Trinajstić information content (AvgIpc) is 3.37. The zero-order chi connectivity index (χ0) is 32.4. The summed E-state index contributed by atoms with van der Waals surface area (Å²) in [5, 5.41) is 26.0. The van der Waals surface area contributed by atoms with Crippen LogP contribution >= 0.6 is 11.3 Å². The van der Waals surface area contributed by atoms with E-state index >= 15 is 0 Å². The number of thiophene rings is 1. The molecule has 1 atom stereocenters. The highest BCUT2D eigenvalue weighted by atomic mass is 32.1. The highest BCUT2D eigenvalue weighted by Crippen LogP contribution is 2.33. The molecule has 1 unspecified atom stereocenters. The maximum absolute atomic E-state index is 13.7. The minimum absolute atomic E-state index is 0.181. The number of halogens is 1. The van der Waals surface area contributed by atoms with E-state index in [-0.39, 0.29) is 23.4 Å². The Kier molecular flexibility index (Phi) is 8.99. The Morgan fingerprint density at radius 1 is 1.20 bits per heavy atom. The third-order valence-corrected chi connectivity index (χ3v) is 9.31. The van der Waals surface area contributed by atoms with Crippen molar-refractivity contribution in [1.82, 2.24) is 24.8 Å². The van der Waals surface area contributed by atoms with E-state index in [9.17, 15) is 24.3 Å². The first-order valence-corrected chi connectivity index (χ1v) is 16.3. The fourth-order valence-corrected chi connectivity index (χ4v) is 6.62. The number of allylic oxidation sites excluding steroid dienone is 1. The van der Waals surface area contributed by atoms with Gasteiger partial charge in [0.15, 0.2) is 0 Å². The molecule has 1 aromatic carbocycles. The van der Waals surface area contributed by atoms with Gasteiger partial charge in [0, 0.05) is 43.3 Å². The normalized spacial score (nSPS) is 17.0. The summed E-state index contributed by atoms with van der Waals surface area (Å²) in [6, 6.07) is 14.3. The van der Waals surface area contributed by atoms with Crippen molar-refractivity contribution in [2.24, 2.45) is 5.92 Å². The van der Waals surface area contributed by atoms with E-state index in [1.165, 1.54) is 23.6 Å². The number of pyridine rings is 1. The quantitative estimate of drug-likeness (QED) is 0.115. The van der Waals surface area contributed by atoms with Gasteiger partial charge in [0.25, 0.3) is 11.8 Å². The molecule has 1 aliphatic heterocycles. The topological polar surface area (TPSA) is 136 Å². The number of anilines is 1. The lowest BCUT2D eigenvalue weighted by atomic mass is 10.1. The molecule has 10 nitrogen and oxygen atoms in total. The maximum Gasteiger partial charge on any atom is 0.268 e. The zero-order valence-electron chi connectivity index (χ0n) is 25.8. The van der Waals surface area contributed by atoms with Gasteiger partial charge in [0.05, 0.1) is 27.6 Å². The molecular formula is C34H36FN7O3S. The number of nitrogens with one attached hydrogen (secondary N) is 2. The number of likely N-dealkylation sites (tertiary alicyclic amines) is 1. The molecule has 0 spiro atoms. The van der Waals surface area contributed by atoms with E-state index < -0.39 is 11.5 Å². The second-order valence-corrected chi connectivity index (χ2v) is 13.7. The molecule has 4 aromatic rings. The average molecular weight is 642 g/mol. The Bertz CT molecular complexity index is 1850. The van der Waals surface area contributed by atoms with E-state index in [1.807, 2.05) is 22.8 Å². The predicted octanol–water partition coefficient (Wildman–Crippen LogP) is 5.26. The van der Waals surface area contributed by atoms with Gasteiger partial charge in [-0.3, -0.25) is 14.9 Å². The van der Waals surface area contributed by atoms with Crippen molar-refractivity contribution >= 4 is 40.1 Å². The van der Waals surface area contributed by atoms with Crippen LogP contribution in [-0.4, -0.2) is 61.1 Å². The lowest BCUT2D eigenvalue weighted by molar-refractivity contribution is -0.127. The van der Waals surface area contributed by atoms with Crippen molar-refractivity contribution in [3.8, 4) is 16.5 Å². The van der Waals surface area contributed by atoms with Crippen molar-refractivity contribution in [3.05, 3.63) is 76.7 Å². The number of benzene rings is 1. The van der Waals surface area contributed by atoms with Crippen LogP contribution in [-0.2, 0) is 17.9 Å². The monoisotopic (exact) mass is 641 g/mol. The first-order valence-electron chi connectivity index (χ1n) is 15.5. The molecule has 6 rings (SSSR count). The van der Waals surface area contributed by atoms with Crippen LogP contribution in [0, 0.1) is 23.2 Å². The van der Waals surface area contributed by atoms with E-state index in [0.29, 0.717) is 54.0 Å². The number of carbonyl (C=O) groups excluding carboxylic acids is 2. The van der Waals surface area contributed by atoms with Crippen LogP contribution in [0.25, 0.3) is 21.5 Å². The van der Waals surface area contributed by atoms with Crippen LogP contribution in [0.15, 0.2) is 60.3 Å². The van der Waals surface area contributed by atoms with Crippen molar-refractivity contribution in [3.63, 3.8) is 0 Å². The standard InChI is InChI=1S/C34H36FN7O3S/c1-34(2,45)20-37-18-22-7-8-27-26(15-22)39-33(40-31(43)29-10-9-28(46-29)23-11-12-38-30(35)16-23)42(27)19-25-4-3-13-41(25)32(44)24(17-36)14-21-5-6-21/h7-12,14-16,21,25,37,45H,3-6,13,18-20H2,1-2H3,(H,39,40,43). The highest BCUT2D eigenvalue weighted by molar-refractivity contribution is 7.17. The van der Waals surface area contributed by atoms with Gasteiger partial charge < -0.3 is 19.9 Å². The van der Waals surface area contributed by atoms with Crippen LogP contribution in [0.1, 0.15) is 54.8 Å². The molecule has 2 aliphatic rings. The maximum atomic E-state index is 13.7. The Morgan fingerprint density at radius 3 is 2.76 bits per heavy atom. The molecule has 3 aromatic heterocycles. The second kappa shape index (κ2) is 13.1. The van der Waals surface area contributed by atoms with Gasteiger partial charge in [0.1, 0.15) is 11.6 Å². The minimum Gasteiger partial charge on any atom is -0.389 e. The number of fused-ring (bicyclic) bond motifs is 1.